The molecule has 0 radical (unpaired) electrons. The number of benzene rings is 3. The van der Waals surface area contributed by atoms with Crippen molar-refractivity contribution in [2.45, 2.75) is 33.4 Å². The van der Waals surface area contributed by atoms with Crippen molar-refractivity contribution in [2.24, 2.45) is 0 Å². The summed E-state index contributed by atoms with van der Waals surface area (Å²) in [6.07, 6.45) is 0.799. The predicted molar refractivity (Wildman–Crippen MR) is 136 cm³/mol. The maximum atomic E-state index is 12.6. The first-order chi connectivity index (χ1) is 15.9. The minimum absolute atomic E-state index is 0.133. The average molecular weight is 527 g/mol. The van der Waals surface area contributed by atoms with Crippen LogP contribution in [0.15, 0.2) is 65.1 Å². The van der Waals surface area contributed by atoms with Gasteiger partial charge in [0.05, 0.1) is 24.2 Å². The SMILES string of the molecule is Cc1cc(OCCCn2c(CNC(=O)c3cccc(Br)c3)nc3ccccc32)cc(C)c1Cl. The molecule has 0 saturated carbocycles. The van der Waals surface area contributed by atoms with Crippen molar-refractivity contribution in [3.05, 3.63) is 92.7 Å². The van der Waals surface area contributed by atoms with Crippen molar-refractivity contribution in [1.29, 1.82) is 0 Å². The fourth-order valence-corrected chi connectivity index (χ4v) is 4.31. The summed E-state index contributed by atoms with van der Waals surface area (Å²) in [5.41, 5.74) is 4.58. The Labute approximate surface area is 206 Å². The Balaban J connectivity index is 1.43. The van der Waals surface area contributed by atoms with E-state index in [1.165, 1.54) is 0 Å². The van der Waals surface area contributed by atoms with Crippen LogP contribution >= 0.6 is 27.5 Å². The van der Waals surface area contributed by atoms with Crippen LogP contribution in [-0.4, -0.2) is 22.1 Å². The summed E-state index contributed by atoms with van der Waals surface area (Å²) in [5, 5.41) is 3.77. The van der Waals surface area contributed by atoms with Gasteiger partial charge in [0, 0.05) is 21.6 Å². The number of hydrogen-bond donors (Lipinski definition) is 1. The quantitative estimate of drug-likeness (QED) is 0.268. The first kappa shape index (κ1) is 23.3. The number of rotatable bonds is 8. The van der Waals surface area contributed by atoms with Crippen molar-refractivity contribution in [1.82, 2.24) is 14.9 Å². The van der Waals surface area contributed by atoms with Crippen LogP contribution in [0.1, 0.15) is 33.7 Å². The van der Waals surface area contributed by atoms with Gasteiger partial charge in [-0.1, -0.05) is 45.7 Å². The number of hydrogen-bond acceptors (Lipinski definition) is 3. The molecule has 1 heterocycles. The zero-order valence-corrected chi connectivity index (χ0v) is 20.9. The lowest BCUT2D eigenvalue weighted by Gasteiger charge is -2.12. The van der Waals surface area contributed by atoms with Gasteiger partial charge in [0.1, 0.15) is 11.6 Å². The summed E-state index contributed by atoms with van der Waals surface area (Å²) < 4.78 is 8.99. The van der Waals surface area contributed by atoms with Crippen LogP contribution in [0.4, 0.5) is 0 Å². The molecule has 0 unspecified atom stereocenters. The molecule has 0 saturated heterocycles. The number of fused-ring (bicyclic) bond motifs is 1. The van der Waals surface area contributed by atoms with E-state index in [0.717, 1.165) is 56.2 Å². The number of nitrogens with one attached hydrogen (secondary N) is 1. The van der Waals surface area contributed by atoms with Gasteiger partial charge in [-0.2, -0.15) is 0 Å². The number of amides is 1. The molecular formula is C26H25BrClN3O2. The number of halogens is 2. The monoisotopic (exact) mass is 525 g/mol. The smallest absolute Gasteiger partial charge is 0.251 e. The number of imidazole rings is 1. The lowest BCUT2D eigenvalue weighted by Crippen LogP contribution is -2.25. The number of nitrogens with zero attached hydrogens (tertiary/aromatic N) is 2. The van der Waals surface area contributed by atoms with Crippen LogP contribution in [0.3, 0.4) is 0 Å². The van der Waals surface area contributed by atoms with Crippen LogP contribution in [0, 0.1) is 13.8 Å². The summed E-state index contributed by atoms with van der Waals surface area (Å²) in [6, 6.07) is 19.3. The van der Waals surface area contributed by atoms with E-state index in [0.29, 0.717) is 18.7 Å². The lowest BCUT2D eigenvalue weighted by atomic mass is 10.1. The van der Waals surface area contributed by atoms with Crippen LogP contribution in [-0.2, 0) is 13.1 Å². The fraction of sp³-hybridized carbons (Fsp3) is 0.231. The Hall–Kier alpha value is -2.83. The van der Waals surface area contributed by atoms with E-state index >= 15 is 0 Å². The molecule has 5 nitrogen and oxygen atoms in total. The third kappa shape index (κ3) is 5.57. The summed E-state index contributed by atoms with van der Waals surface area (Å²) in [5.74, 6) is 1.51. The van der Waals surface area contributed by atoms with Gasteiger partial charge in [-0.05, 0) is 73.9 Å². The van der Waals surface area contributed by atoms with Crippen molar-refractivity contribution in [3.8, 4) is 5.75 Å². The zero-order chi connectivity index (χ0) is 23.4. The summed E-state index contributed by atoms with van der Waals surface area (Å²) in [6.45, 7) is 5.60. The van der Waals surface area contributed by atoms with Gasteiger partial charge in [-0.25, -0.2) is 4.98 Å². The zero-order valence-electron chi connectivity index (χ0n) is 18.6. The van der Waals surface area contributed by atoms with Gasteiger partial charge in [0.25, 0.3) is 5.91 Å². The molecule has 0 atom stereocenters. The van der Waals surface area contributed by atoms with E-state index in [9.17, 15) is 4.79 Å². The van der Waals surface area contributed by atoms with Crippen LogP contribution in [0.5, 0.6) is 5.75 Å². The highest BCUT2D eigenvalue weighted by atomic mass is 79.9. The van der Waals surface area contributed by atoms with Crippen molar-refractivity contribution < 1.29 is 9.53 Å². The normalized spacial score (nSPS) is 11.0. The highest BCUT2D eigenvalue weighted by Crippen LogP contribution is 2.26. The van der Waals surface area contributed by atoms with Crippen molar-refractivity contribution in [2.75, 3.05) is 6.61 Å². The van der Waals surface area contributed by atoms with Gasteiger partial charge in [-0.15, -0.1) is 0 Å². The lowest BCUT2D eigenvalue weighted by molar-refractivity contribution is 0.0949. The average Bonchev–Trinajstić information content (AvgIpc) is 3.16. The van der Waals surface area contributed by atoms with E-state index in [1.807, 2.05) is 56.3 Å². The molecule has 0 aliphatic rings. The standard InChI is InChI=1S/C26H25BrClN3O2/c1-17-13-21(14-18(2)25(17)28)33-12-6-11-31-23-10-4-3-9-22(23)30-24(31)16-29-26(32)19-7-5-8-20(27)15-19/h3-5,7-10,13-15H,6,11-12,16H2,1-2H3,(H,29,32). The van der Waals surface area contributed by atoms with Gasteiger partial charge in [0.2, 0.25) is 0 Å². The Morgan fingerprint density at radius 1 is 1.09 bits per heavy atom. The minimum atomic E-state index is -0.133. The Morgan fingerprint density at radius 3 is 2.61 bits per heavy atom. The first-order valence-corrected chi connectivity index (χ1v) is 12.0. The second kappa shape index (κ2) is 10.4. The van der Waals surface area contributed by atoms with Crippen molar-refractivity contribution in [3.63, 3.8) is 0 Å². The molecule has 4 aromatic rings. The molecule has 33 heavy (non-hydrogen) atoms. The van der Waals surface area contributed by atoms with Crippen LogP contribution < -0.4 is 10.1 Å². The van der Waals surface area contributed by atoms with E-state index < -0.39 is 0 Å². The molecule has 0 aliphatic heterocycles. The van der Waals surface area contributed by atoms with Gasteiger partial charge in [-0.3, -0.25) is 4.79 Å². The molecule has 170 valence electrons. The number of aromatic nitrogens is 2. The maximum Gasteiger partial charge on any atom is 0.251 e. The fourth-order valence-electron chi connectivity index (χ4n) is 3.80. The van der Waals surface area contributed by atoms with Crippen LogP contribution in [0.2, 0.25) is 5.02 Å². The topological polar surface area (TPSA) is 56.1 Å². The summed E-state index contributed by atoms with van der Waals surface area (Å²) >= 11 is 9.66. The molecule has 0 fully saturated rings. The molecule has 3 aromatic carbocycles. The summed E-state index contributed by atoms with van der Waals surface area (Å²) in [7, 11) is 0. The van der Waals surface area contributed by atoms with E-state index in [4.69, 9.17) is 21.3 Å². The molecule has 1 aromatic heterocycles. The highest BCUT2D eigenvalue weighted by Gasteiger charge is 2.13. The molecule has 1 N–H and O–H groups in total. The number of carbonyl (C=O) groups is 1. The Bertz CT molecular complexity index is 1280. The molecule has 7 heteroatoms. The molecule has 0 spiro atoms. The number of ether oxygens (including phenoxy) is 1. The highest BCUT2D eigenvalue weighted by molar-refractivity contribution is 9.10. The third-order valence-corrected chi connectivity index (χ3v) is 6.52. The maximum absolute atomic E-state index is 12.6. The molecular weight excluding hydrogens is 502 g/mol. The minimum Gasteiger partial charge on any atom is -0.494 e. The summed E-state index contributed by atoms with van der Waals surface area (Å²) in [4.78, 5) is 17.3. The Morgan fingerprint density at radius 2 is 1.85 bits per heavy atom. The number of carbonyl (C=O) groups excluding carboxylic acids is 1. The molecule has 0 bridgehead atoms. The Kier molecular flexibility index (Phi) is 7.36. The predicted octanol–water partition coefficient (Wildman–Crippen LogP) is 6.47. The molecule has 4 rings (SSSR count). The van der Waals surface area contributed by atoms with Gasteiger partial charge in [0.15, 0.2) is 0 Å². The van der Waals surface area contributed by atoms with E-state index in [2.05, 4.69) is 31.9 Å². The van der Waals surface area contributed by atoms with Crippen LogP contribution in [0.25, 0.3) is 11.0 Å². The molecule has 1 amide bonds. The van der Waals surface area contributed by atoms with Crippen molar-refractivity contribution >= 4 is 44.5 Å². The molecule has 0 aliphatic carbocycles. The van der Waals surface area contributed by atoms with Gasteiger partial charge < -0.3 is 14.6 Å². The number of para-hydroxylation sites is 2. The first-order valence-electron chi connectivity index (χ1n) is 10.8. The van der Waals surface area contributed by atoms with Gasteiger partial charge >= 0.3 is 0 Å². The van der Waals surface area contributed by atoms with E-state index in [1.54, 1.807) is 12.1 Å². The second-order valence-electron chi connectivity index (χ2n) is 7.93. The second-order valence-corrected chi connectivity index (χ2v) is 9.23. The largest absolute Gasteiger partial charge is 0.494 e. The number of aryl methyl sites for hydroxylation is 3. The third-order valence-electron chi connectivity index (χ3n) is 5.43. The van der Waals surface area contributed by atoms with E-state index in [-0.39, 0.29) is 5.91 Å².